The Balaban J connectivity index is 2.17. The van der Waals surface area contributed by atoms with Gasteiger partial charge in [-0.15, -0.1) is 4.31 Å². The summed E-state index contributed by atoms with van der Waals surface area (Å²) in [6.07, 6.45) is 1.91. The van der Waals surface area contributed by atoms with Crippen molar-refractivity contribution in [2.24, 2.45) is 0 Å². The number of hydrogen-bond donors (Lipinski definition) is 0. The fourth-order valence-electron chi connectivity index (χ4n) is 2.19. The van der Waals surface area contributed by atoms with Gasteiger partial charge in [0.25, 0.3) is 0 Å². The average Bonchev–Trinajstić information content (AvgIpc) is 3.14. The van der Waals surface area contributed by atoms with Crippen LogP contribution >= 0.6 is 0 Å². The number of anilines is 1. The summed E-state index contributed by atoms with van der Waals surface area (Å²) in [5.74, 6) is -0.631. The quantitative estimate of drug-likeness (QED) is 0.770. The van der Waals surface area contributed by atoms with Crippen LogP contribution in [0.1, 0.15) is 12.8 Å². The Morgan fingerprint density at radius 3 is 2.67 bits per heavy atom. The van der Waals surface area contributed by atoms with Gasteiger partial charge in [0.15, 0.2) is 6.80 Å². The minimum atomic E-state index is -3.92. The van der Waals surface area contributed by atoms with E-state index in [1.54, 1.807) is 0 Å². The first-order valence-corrected chi connectivity index (χ1v) is 7.10. The molecule has 0 unspecified atom stereocenters. The molecule has 98 valence electrons. The van der Waals surface area contributed by atoms with Gasteiger partial charge in [0, 0.05) is 6.04 Å². The van der Waals surface area contributed by atoms with E-state index in [0.29, 0.717) is 5.69 Å². The van der Waals surface area contributed by atoms with E-state index in [9.17, 15) is 17.2 Å². The Bertz CT molecular complexity index is 587. The highest BCUT2D eigenvalue weighted by Crippen LogP contribution is 2.40. The van der Waals surface area contributed by atoms with Crippen LogP contribution in [0.15, 0.2) is 23.1 Å². The Kier molecular flexibility index (Phi) is 2.56. The Hall–Kier alpha value is -1.21. The fraction of sp³-hybridized carbons (Fsp3) is 0.455. The molecule has 4 nitrogen and oxygen atoms in total. The van der Waals surface area contributed by atoms with Crippen molar-refractivity contribution >= 4 is 15.7 Å². The number of alkyl halides is 1. The van der Waals surface area contributed by atoms with E-state index in [1.165, 1.54) is 12.1 Å². The van der Waals surface area contributed by atoms with Crippen LogP contribution in [0.2, 0.25) is 0 Å². The second-order valence-corrected chi connectivity index (χ2v) is 6.44. The molecule has 7 heteroatoms. The number of sulfonamides is 1. The first kappa shape index (κ1) is 11.9. The SMILES string of the molecule is O=S1(=O)c2cc(F)ccc2N(C2CC2)CN1CF. The van der Waals surface area contributed by atoms with Crippen molar-refractivity contribution in [3.63, 3.8) is 0 Å². The van der Waals surface area contributed by atoms with E-state index in [2.05, 4.69) is 0 Å². The molecule has 0 radical (unpaired) electrons. The van der Waals surface area contributed by atoms with Crippen molar-refractivity contribution < 1.29 is 17.2 Å². The molecule has 1 aromatic rings. The summed E-state index contributed by atoms with van der Waals surface area (Å²) in [4.78, 5) is 1.69. The number of fused-ring (bicyclic) bond motifs is 1. The molecule has 1 fully saturated rings. The molecule has 0 atom stereocenters. The van der Waals surface area contributed by atoms with Crippen LogP contribution in [0.3, 0.4) is 0 Å². The summed E-state index contributed by atoms with van der Waals surface area (Å²) in [6.45, 7) is -1.09. The van der Waals surface area contributed by atoms with Gasteiger partial charge in [0.05, 0.1) is 12.4 Å². The molecule has 0 spiro atoms. The summed E-state index contributed by atoms with van der Waals surface area (Å²) in [5.41, 5.74) is 0.476. The smallest absolute Gasteiger partial charge is 0.249 e. The summed E-state index contributed by atoms with van der Waals surface area (Å²) in [7, 11) is -3.92. The van der Waals surface area contributed by atoms with Gasteiger partial charge in [-0.2, -0.15) is 0 Å². The van der Waals surface area contributed by atoms with Crippen molar-refractivity contribution in [2.75, 3.05) is 18.4 Å². The molecule has 0 bridgehead atoms. The number of benzene rings is 1. The molecule has 1 saturated carbocycles. The van der Waals surface area contributed by atoms with Gasteiger partial charge in [-0.05, 0) is 31.0 Å². The van der Waals surface area contributed by atoms with Crippen LogP contribution in [0.25, 0.3) is 0 Å². The number of rotatable bonds is 2. The first-order chi connectivity index (χ1) is 8.54. The predicted octanol–water partition coefficient (Wildman–Crippen LogP) is 1.68. The summed E-state index contributed by atoms with van der Waals surface area (Å²) < 4.78 is 50.9. The van der Waals surface area contributed by atoms with E-state index in [0.717, 1.165) is 23.2 Å². The summed E-state index contributed by atoms with van der Waals surface area (Å²) in [6, 6.07) is 3.88. The Morgan fingerprint density at radius 1 is 1.33 bits per heavy atom. The summed E-state index contributed by atoms with van der Waals surface area (Å²) in [5, 5.41) is 0. The van der Waals surface area contributed by atoms with Crippen molar-refractivity contribution in [2.45, 2.75) is 23.8 Å². The second-order valence-electron chi connectivity index (χ2n) is 4.53. The molecule has 1 aliphatic heterocycles. The highest BCUT2D eigenvalue weighted by Gasteiger charge is 2.41. The maximum atomic E-state index is 13.2. The van der Waals surface area contributed by atoms with Gasteiger partial charge >= 0.3 is 0 Å². The molecule has 0 aromatic heterocycles. The molecular weight excluding hydrogens is 262 g/mol. The average molecular weight is 274 g/mol. The zero-order valence-corrected chi connectivity index (χ0v) is 10.3. The fourth-order valence-corrected chi connectivity index (χ4v) is 3.59. The minimum Gasteiger partial charge on any atom is -0.353 e. The predicted molar refractivity (Wildman–Crippen MR) is 61.8 cm³/mol. The van der Waals surface area contributed by atoms with Crippen molar-refractivity contribution in [3.05, 3.63) is 24.0 Å². The van der Waals surface area contributed by atoms with Crippen LogP contribution in [0.5, 0.6) is 0 Å². The van der Waals surface area contributed by atoms with Crippen LogP contribution < -0.4 is 4.90 Å². The van der Waals surface area contributed by atoms with Crippen LogP contribution in [-0.2, 0) is 10.0 Å². The van der Waals surface area contributed by atoms with E-state index in [4.69, 9.17) is 0 Å². The van der Waals surface area contributed by atoms with Gasteiger partial charge in [-0.1, -0.05) is 0 Å². The summed E-state index contributed by atoms with van der Waals surface area (Å²) >= 11 is 0. The zero-order valence-electron chi connectivity index (χ0n) is 9.51. The molecule has 1 aromatic carbocycles. The second kappa shape index (κ2) is 3.89. The molecule has 0 N–H and O–H groups in total. The minimum absolute atomic E-state index is 0.00212. The lowest BCUT2D eigenvalue weighted by Gasteiger charge is -2.36. The maximum absolute atomic E-state index is 13.2. The van der Waals surface area contributed by atoms with Gasteiger partial charge in [0.2, 0.25) is 10.0 Å². The zero-order chi connectivity index (χ0) is 12.9. The van der Waals surface area contributed by atoms with Crippen molar-refractivity contribution in [3.8, 4) is 0 Å². The molecule has 0 saturated heterocycles. The van der Waals surface area contributed by atoms with Crippen molar-refractivity contribution in [1.82, 2.24) is 4.31 Å². The molecule has 3 rings (SSSR count). The van der Waals surface area contributed by atoms with Gasteiger partial charge in [-0.3, -0.25) is 0 Å². The van der Waals surface area contributed by atoms with Gasteiger partial charge in [0.1, 0.15) is 10.7 Å². The molecule has 2 aliphatic rings. The molecule has 1 heterocycles. The number of hydrogen-bond acceptors (Lipinski definition) is 3. The largest absolute Gasteiger partial charge is 0.353 e. The lowest BCUT2D eigenvalue weighted by atomic mass is 10.2. The molecule has 1 aliphatic carbocycles. The van der Waals surface area contributed by atoms with Crippen LogP contribution in [-0.4, -0.2) is 32.2 Å². The van der Waals surface area contributed by atoms with E-state index >= 15 is 0 Å². The first-order valence-electron chi connectivity index (χ1n) is 5.66. The van der Waals surface area contributed by atoms with E-state index in [1.807, 2.05) is 4.90 Å². The number of nitrogens with zero attached hydrogens (tertiary/aromatic N) is 2. The normalized spacial score (nSPS) is 22.9. The van der Waals surface area contributed by atoms with Gasteiger partial charge in [-0.25, -0.2) is 17.2 Å². The molecule has 0 amide bonds. The highest BCUT2D eigenvalue weighted by molar-refractivity contribution is 7.89. The highest BCUT2D eigenvalue weighted by atomic mass is 32.2. The van der Waals surface area contributed by atoms with Crippen LogP contribution in [0.4, 0.5) is 14.5 Å². The monoisotopic (exact) mass is 274 g/mol. The molecule has 18 heavy (non-hydrogen) atoms. The van der Waals surface area contributed by atoms with Gasteiger partial charge < -0.3 is 4.90 Å². The third-order valence-corrected chi connectivity index (χ3v) is 5.06. The lowest BCUT2D eigenvalue weighted by Crippen LogP contribution is -2.47. The Morgan fingerprint density at radius 2 is 2.06 bits per heavy atom. The van der Waals surface area contributed by atoms with E-state index in [-0.39, 0.29) is 17.6 Å². The number of halogens is 2. The molecular formula is C11H12F2N2O2S. The lowest BCUT2D eigenvalue weighted by molar-refractivity contribution is 0.281. The van der Waals surface area contributed by atoms with Crippen LogP contribution in [0, 0.1) is 5.82 Å². The maximum Gasteiger partial charge on any atom is 0.249 e. The third kappa shape index (κ3) is 1.69. The topological polar surface area (TPSA) is 40.6 Å². The standard InChI is InChI=1S/C11H12F2N2O2S/c12-6-14-7-15(9-2-3-9)10-4-1-8(13)5-11(10)18(14,16)17/h1,4-5,9H,2-3,6-7H2. The third-order valence-electron chi connectivity index (χ3n) is 3.28. The Labute approximate surface area is 104 Å². The van der Waals surface area contributed by atoms with E-state index < -0.39 is 22.6 Å². The van der Waals surface area contributed by atoms with Crippen molar-refractivity contribution in [1.29, 1.82) is 0 Å².